The molecule has 2 heteroatoms. The van der Waals surface area contributed by atoms with E-state index in [0.717, 1.165) is 15.6 Å². The molecular weight excluding hydrogens is 228 g/mol. The molecule has 0 aliphatic heterocycles. The third-order valence-electron chi connectivity index (χ3n) is 2.23. The molecule has 0 fully saturated rings. The van der Waals surface area contributed by atoms with Crippen LogP contribution in [0.5, 0.6) is 0 Å². The molecule has 0 saturated carbocycles. The Balaban J connectivity index is 2.60. The minimum Gasteiger partial charge on any atom is -0.294 e. The molecule has 0 N–H and O–H groups in total. The highest BCUT2D eigenvalue weighted by atomic mass is 79.9. The molecule has 0 unspecified atom stereocenters. The molecule has 0 atom stereocenters. The van der Waals surface area contributed by atoms with Gasteiger partial charge in [0.25, 0.3) is 0 Å². The number of hydrogen-bond donors (Lipinski definition) is 0. The number of carbonyl (C=O) groups excluding carboxylic acids is 1. The van der Waals surface area contributed by atoms with Crippen LogP contribution >= 0.6 is 15.9 Å². The Morgan fingerprint density at radius 1 is 1.38 bits per heavy atom. The van der Waals surface area contributed by atoms with Crippen molar-refractivity contribution in [1.82, 2.24) is 0 Å². The Kier molecular flexibility index (Phi) is 2.08. The summed E-state index contributed by atoms with van der Waals surface area (Å²) in [6.45, 7) is 1.98. The summed E-state index contributed by atoms with van der Waals surface area (Å²) in [5, 5.41) is 0. The van der Waals surface area contributed by atoms with Crippen molar-refractivity contribution in [2.75, 3.05) is 0 Å². The molecule has 0 heterocycles. The van der Waals surface area contributed by atoms with Crippen molar-refractivity contribution in [1.29, 1.82) is 0 Å². The van der Waals surface area contributed by atoms with Gasteiger partial charge >= 0.3 is 0 Å². The molecule has 0 radical (unpaired) electrons. The second-order valence-corrected chi connectivity index (χ2v) is 4.19. The van der Waals surface area contributed by atoms with Crippen molar-refractivity contribution in [3.63, 3.8) is 0 Å². The summed E-state index contributed by atoms with van der Waals surface area (Å²) in [5.74, 6) is 0.197. The number of carbonyl (C=O) groups is 1. The smallest absolute Gasteiger partial charge is 0.160 e. The summed E-state index contributed by atoms with van der Waals surface area (Å²) in [5.41, 5.74) is 3.39. The van der Waals surface area contributed by atoms with Crippen molar-refractivity contribution in [3.8, 4) is 0 Å². The van der Waals surface area contributed by atoms with Crippen molar-refractivity contribution < 1.29 is 4.79 Å². The lowest BCUT2D eigenvalue weighted by molar-refractivity contribution is -0.114. The fraction of sp³-hybridized carbons (Fsp3) is 0.182. The van der Waals surface area contributed by atoms with Crippen LogP contribution in [0.1, 0.15) is 18.1 Å². The molecule has 66 valence electrons. The van der Waals surface area contributed by atoms with E-state index in [1.54, 1.807) is 6.08 Å². The molecule has 1 aliphatic carbocycles. The molecule has 0 amide bonds. The average molecular weight is 237 g/mol. The van der Waals surface area contributed by atoms with E-state index in [0.29, 0.717) is 6.42 Å². The van der Waals surface area contributed by atoms with Gasteiger partial charge in [-0.1, -0.05) is 22.0 Å². The Bertz CT molecular complexity index is 405. The van der Waals surface area contributed by atoms with Crippen molar-refractivity contribution in [2.45, 2.75) is 13.3 Å². The monoisotopic (exact) mass is 236 g/mol. The molecule has 0 aromatic heterocycles. The molecule has 1 nitrogen and oxygen atoms in total. The molecule has 0 bridgehead atoms. The third-order valence-corrected chi connectivity index (χ3v) is 2.73. The highest BCUT2D eigenvalue weighted by Crippen LogP contribution is 2.26. The number of halogens is 1. The van der Waals surface area contributed by atoms with Gasteiger partial charge < -0.3 is 0 Å². The normalized spacial score (nSPS) is 15.2. The zero-order chi connectivity index (χ0) is 9.42. The first-order valence-electron chi connectivity index (χ1n) is 4.17. The number of benzene rings is 1. The van der Waals surface area contributed by atoms with Crippen molar-refractivity contribution in [2.24, 2.45) is 0 Å². The van der Waals surface area contributed by atoms with Gasteiger partial charge in [-0.05, 0) is 41.8 Å². The Labute approximate surface area is 85.6 Å². The predicted molar refractivity (Wildman–Crippen MR) is 56.5 cm³/mol. The van der Waals surface area contributed by atoms with Crippen LogP contribution in [0, 0.1) is 0 Å². The van der Waals surface area contributed by atoms with E-state index < -0.39 is 0 Å². The first-order valence-corrected chi connectivity index (χ1v) is 4.96. The molecule has 1 aromatic carbocycles. The number of rotatable bonds is 0. The zero-order valence-corrected chi connectivity index (χ0v) is 8.89. The van der Waals surface area contributed by atoms with Gasteiger partial charge in [0.15, 0.2) is 5.78 Å². The quantitative estimate of drug-likeness (QED) is 0.677. The fourth-order valence-electron chi connectivity index (χ4n) is 1.65. The van der Waals surface area contributed by atoms with Crippen LogP contribution < -0.4 is 0 Å². The third kappa shape index (κ3) is 1.59. The van der Waals surface area contributed by atoms with Crippen LogP contribution in [0.15, 0.2) is 28.7 Å². The maximum atomic E-state index is 11.3. The summed E-state index contributed by atoms with van der Waals surface area (Å²) >= 11 is 3.40. The van der Waals surface area contributed by atoms with Crippen molar-refractivity contribution >= 4 is 27.3 Å². The molecule has 0 saturated heterocycles. The van der Waals surface area contributed by atoms with Crippen LogP contribution in [0.2, 0.25) is 0 Å². The largest absolute Gasteiger partial charge is 0.294 e. The average Bonchev–Trinajstić information content (AvgIpc) is 2.02. The van der Waals surface area contributed by atoms with E-state index in [1.807, 2.05) is 19.1 Å². The van der Waals surface area contributed by atoms with Gasteiger partial charge in [-0.15, -0.1) is 0 Å². The summed E-state index contributed by atoms with van der Waals surface area (Å²) in [6.07, 6.45) is 2.25. The van der Waals surface area contributed by atoms with E-state index >= 15 is 0 Å². The number of fused-ring (bicyclic) bond motifs is 1. The fourth-order valence-corrected chi connectivity index (χ4v) is 2.06. The second kappa shape index (κ2) is 3.11. The minimum atomic E-state index is 0.197. The molecule has 1 aliphatic rings. The Morgan fingerprint density at radius 3 is 2.92 bits per heavy atom. The standard InChI is InChI=1S/C11H9BrO/c1-7-4-10(13)6-8-5-9(12)2-3-11(7)8/h2-5H,6H2,1H3. The predicted octanol–water partition coefficient (Wildman–Crippen LogP) is 2.98. The van der Waals surface area contributed by atoms with Gasteiger partial charge in [0.1, 0.15) is 0 Å². The van der Waals surface area contributed by atoms with Crippen LogP contribution in [0.3, 0.4) is 0 Å². The van der Waals surface area contributed by atoms with E-state index in [9.17, 15) is 4.79 Å². The van der Waals surface area contributed by atoms with Crippen LogP contribution in [-0.2, 0) is 11.2 Å². The summed E-state index contributed by atoms with van der Waals surface area (Å²) in [7, 11) is 0. The highest BCUT2D eigenvalue weighted by Gasteiger charge is 2.14. The second-order valence-electron chi connectivity index (χ2n) is 3.27. The molecule has 1 aromatic rings. The van der Waals surface area contributed by atoms with Gasteiger partial charge in [-0.3, -0.25) is 4.79 Å². The van der Waals surface area contributed by atoms with Gasteiger partial charge in [-0.25, -0.2) is 0 Å². The molecule has 0 spiro atoms. The summed E-state index contributed by atoms with van der Waals surface area (Å²) in [4.78, 5) is 11.3. The van der Waals surface area contributed by atoms with Crippen LogP contribution in [-0.4, -0.2) is 5.78 Å². The highest BCUT2D eigenvalue weighted by molar-refractivity contribution is 9.10. The minimum absolute atomic E-state index is 0.197. The lowest BCUT2D eigenvalue weighted by Gasteiger charge is -2.13. The van der Waals surface area contributed by atoms with Gasteiger partial charge in [0.2, 0.25) is 0 Å². The SMILES string of the molecule is CC1=CC(=O)Cc2cc(Br)ccc21. The maximum absolute atomic E-state index is 11.3. The van der Waals surface area contributed by atoms with E-state index in [4.69, 9.17) is 0 Å². The summed E-state index contributed by atoms with van der Waals surface area (Å²) < 4.78 is 1.04. The lowest BCUT2D eigenvalue weighted by Crippen LogP contribution is -2.07. The number of hydrogen-bond acceptors (Lipinski definition) is 1. The van der Waals surface area contributed by atoms with Crippen molar-refractivity contribution in [3.05, 3.63) is 39.9 Å². The lowest BCUT2D eigenvalue weighted by atomic mass is 9.91. The van der Waals surface area contributed by atoms with Gasteiger partial charge in [-0.2, -0.15) is 0 Å². The maximum Gasteiger partial charge on any atom is 0.160 e. The van der Waals surface area contributed by atoms with Crippen LogP contribution in [0.4, 0.5) is 0 Å². The topological polar surface area (TPSA) is 17.1 Å². The van der Waals surface area contributed by atoms with Gasteiger partial charge in [0.05, 0.1) is 0 Å². The Hall–Kier alpha value is -0.890. The van der Waals surface area contributed by atoms with E-state index in [2.05, 4.69) is 22.0 Å². The van der Waals surface area contributed by atoms with Crippen LogP contribution in [0.25, 0.3) is 5.57 Å². The number of ketones is 1. The molecule has 2 rings (SSSR count). The number of allylic oxidation sites excluding steroid dienone is 2. The Morgan fingerprint density at radius 2 is 2.15 bits per heavy atom. The molecule has 13 heavy (non-hydrogen) atoms. The first-order chi connectivity index (χ1) is 6.16. The van der Waals surface area contributed by atoms with E-state index in [-0.39, 0.29) is 5.78 Å². The first kappa shape index (κ1) is 8.70. The zero-order valence-electron chi connectivity index (χ0n) is 7.30. The van der Waals surface area contributed by atoms with E-state index in [1.165, 1.54) is 5.56 Å². The molecular formula is C11H9BrO. The summed E-state index contributed by atoms with van der Waals surface area (Å²) in [6, 6.07) is 6.08. The van der Waals surface area contributed by atoms with Gasteiger partial charge in [0, 0.05) is 10.9 Å².